The van der Waals surface area contributed by atoms with Gasteiger partial charge in [-0.2, -0.15) is 0 Å². The SMILES string of the molecule is C=CC(=O)N1CCC(N(CC)c2cc(-c3cccc(C(=O)N4CCOCC4)c3)cc(C(=O)NCc3c(C)cc(C)[nH]c3=O)c2C)C1. The molecule has 2 fully saturated rings. The zero-order valence-electron chi connectivity index (χ0n) is 27.2. The molecule has 10 heteroatoms. The lowest BCUT2D eigenvalue weighted by molar-refractivity contribution is -0.125. The van der Waals surface area contributed by atoms with E-state index in [4.69, 9.17) is 4.74 Å². The standard InChI is InChI=1S/C36H43N5O5/c1-6-33(42)40-12-11-29(22-40)41(7-2)32-20-28(26-9-8-10-27(18-26)36(45)39-13-15-46-16-14-39)19-30(25(32)5)34(43)37-21-31-23(3)17-24(4)38-35(31)44/h6,8-10,17-20,29H,1,7,11-16,21-22H2,2-5H3,(H,37,43)(H,38,44). The second kappa shape index (κ2) is 14.2. The van der Waals surface area contributed by atoms with Crippen LogP contribution in [-0.2, 0) is 16.1 Å². The minimum Gasteiger partial charge on any atom is -0.378 e. The van der Waals surface area contributed by atoms with Crippen LogP contribution in [0.1, 0.15) is 56.4 Å². The summed E-state index contributed by atoms with van der Waals surface area (Å²) in [6, 6.07) is 13.4. The first-order chi connectivity index (χ1) is 22.1. The molecule has 46 heavy (non-hydrogen) atoms. The predicted molar refractivity (Wildman–Crippen MR) is 179 cm³/mol. The van der Waals surface area contributed by atoms with Gasteiger partial charge in [-0.15, -0.1) is 0 Å². The van der Waals surface area contributed by atoms with Crippen LogP contribution in [0.2, 0.25) is 0 Å². The third-order valence-electron chi connectivity index (χ3n) is 9.03. The van der Waals surface area contributed by atoms with E-state index in [-0.39, 0.29) is 35.9 Å². The number of aromatic nitrogens is 1. The molecule has 1 aromatic heterocycles. The molecule has 3 heterocycles. The first-order valence-corrected chi connectivity index (χ1v) is 15.9. The van der Waals surface area contributed by atoms with Crippen LogP contribution in [0.4, 0.5) is 5.69 Å². The van der Waals surface area contributed by atoms with E-state index < -0.39 is 0 Å². The van der Waals surface area contributed by atoms with Gasteiger partial charge >= 0.3 is 0 Å². The van der Waals surface area contributed by atoms with Gasteiger partial charge in [-0.3, -0.25) is 19.2 Å². The molecule has 0 spiro atoms. The Balaban J connectivity index is 1.53. The number of amides is 3. The zero-order chi connectivity index (χ0) is 33.0. The molecule has 2 N–H and O–H groups in total. The summed E-state index contributed by atoms with van der Waals surface area (Å²) >= 11 is 0. The van der Waals surface area contributed by atoms with Crippen molar-refractivity contribution >= 4 is 23.4 Å². The fourth-order valence-corrected chi connectivity index (χ4v) is 6.50. The number of pyridine rings is 1. The molecule has 3 aromatic rings. The van der Waals surface area contributed by atoms with Gasteiger partial charge in [-0.1, -0.05) is 18.7 Å². The number of likely N-dealkylation sites (N-methyl/N-ethyl adjacent to an activating group) is 1. The summed E-state index contributed by atoms with van der Waals surface area (Å²) in [6.07, 6.45) is 2.14. The molecule has 2 aliphatic heterocycles. The number of likely N-dealkylation sites (tertiary alicyclic amines) is 1. The number of carbonyl (C=O) groups excluding carboxylic acids is 3. The van der Waals surface area contributed by atoms with E-state index in [9.17, 15) is 19.2 Å². The van der Waals surface area contributed by atoms with Crippen LogP contribution in [-0.4, -0.2) is 84.5 Å². The van der Waals surface area contributed by atoms with Crippen LogP contribution < -0.4 is 15.8 Å². The topological polar surface area (TPSA) is 115 Å². The smallest absolute Gasteiger partial charge is 0.254 e. The van der Waals surface area contributed by atoms with Gasteiger partial charge < -0.3 is 29.7 Å². The monoisotopic (exact) mass is 625 g/mol. The number of hydrogen-bond donors (Lipinski definition) is 2. The van der Waals surface area contributed by atoms with Crippen LogP contribution in [0, 0.1) is 20.8 Å². The van der Waals surface area contributed by atoms with Crippen LogP contribution >= 0.6 is 0 Å². The number of morpholine rings is 1. The number of aryl methyl sites for hydroxylation is 2. The first kappa shape index (κ1) is 32.7. The van der Waals surface area contributed by atoms with Gasteiger partial charge in [-0.25, -0.2) is 0 Å². The first-order valence-electron chi connectivity index (χ1n) is 15.9. The third kappa shape index (κ3) is 6.92. The number of carbonyl (C=O) groups is 3. The molecule has 0 bridgehead atoms. The van der Waals surface area contributed by atoms with Gasteiger partial charge in [0.15, 0.2) is 0 Å². The lowest BCUT2D eigenvalue weighted by Gasteiger charge is -2.32. The summed E-state index contributed by atoms with van der Waals surface area (Å²) in [7, 11) is 0. The van der Waals surface area contributed by atoms with Crippen molar-refractivity contribution in [3.63, 3.8) is 0 Å². The highest BCUT2D eigenvalue weighted by Gasteiger charge is 2.31. The number of nitrogens with one attached hydrogen (secondary N) is 2. The number of benzene rings is 2. The summed E-state index contributed by atoms with van der Waals surface area (Å²) < 4.78 is 5.42. The van der Waals surface area contributed by atoms with Crippen molar-refractivity contribution in [2.24, 2.45) is 0 Å². The van der Waals surface area contributed by atoms with Gasteiger partial charge in [0.05, 0.1) is 13.2 Å². The Labute approximate surface area is 270 Å². The van der Waals surface area contributed by atoms with Crippen LogP contribution in [0.3, 0.4) is 0 Å². The van der Waals surface area contributed by atoms with E-state index in [0.29, 0.717) is 62.6 Å². The summed E-state index contributed by atoms with van der Waals surface area (Å²) in [6.45, 7) is 15.4. The summed E-state index contributed by atoms with van der Waals surface area (Å²) in [5.41, 5.74) is 6.21. The lowest BCUT2D eigenvalue weighted by atomic mass is 9.95. The molecule has 2 aromatic carbocycles. The fraction of sp³-hybridized carbons (Fsp3) is 0.389. The molecule has 0 saturated carbocycles. The van der Waals surface area contributed by atoms with Gasteiger partial charge in [0.1, 0.15) is 0 Å². The highest BCUT2D eigenvalue weighted by Crippen LogP contribution is 2.34. The van der Waals surface area contributed by atoms with E-state index >= 15 is 0 Å². The molecule has 2 aliphatic rings. The van der Waals surface area contributed by atoms with Crippen molar-refractivity contribution < 1.29 is 19.1 Å². The second-order valence-corrected chi connectivity index (χ2v) is 12.0. The van der Waals surface area contributed by atoms with Gasteiger partial charge in [0.25, 0.3) is 17.4 Å². The summed E-state index contributed by atoms with van der Waals surface area (Å²) in [4.78, 5) is 60.9. The van der Waals surface area contributed by atoms with Gasteiger partial charge in [0, 0.05) is 73.4 Å². The average Bonchev–Trinajstić information content (AvgIpc) is 3.55. The molecule has 3 amide bonds. The highest BCUT2D eigenvalue weighted by atomic mass is 16.5. The van der Waals surface area contributed by atoms with Crippen LogP contribution in [0.25, 0.3) is 11.1 Å². The van der Waals surface area contributed by atoms with Crippen LogP contribution in [0.15, 0.2) is 59.9 Å². The molecular formula is C36H43N5O5. The number of anilines is 1. The maximum absolute atomic E-state index is 13.9. The minimum absolute atomic E-state index is 0.0535. The molecule has 0 aliphatic carbocycles. The molecule has 0 radical (unpaired) electrons. The molecular weight excluding hydrogens is 582 g/mol. The Kier molecular flexibility index (Phi) is 10.1. The quantitative estimate of drug-likeness (QED) is 0.348. The van der Waals surface area contributed by atoms with E-state index in [2.05, 4.69) is 34.8 Å². The Hall–Kier alpha value is -4.70. The van der Waals surface area contributed by atoms with Gasteiger partial charge in [-0.05, 0) is 92.8 Å². The molecule has 1 unspecified atom stereocenters. The Morgan fingerprint density at radius 3 is 2.50 bits per heavy atom. The molecule has 1 atom stereocenters. The Morgan fingerprint density at radius 1 is 1.04 bits per heavy atom. The van der Waals surface area contributed by atoms with Crippen LogP contribution in [0.5, 0.6) is 0 Å². The van der Waals surface area contributed by atoms with Crippen molar-refractivity contribution in [2.75, 3.05) is 50.8 Å². The predicted octanol–water partition coefficient (Wildman–Crippen LogP) is 3.98. The van der Waals surface area contributed by atoms with E-state index in [1.165, 1.54) is 6.08 Å². The fourth-order valence-electron chi connectivity index (χ4n) is 6.50. The molecule has 2 saturated heterocycles. The number of hydrogen-bond acceptors (Lipinski definition) is 6. The normalized spacial score (nSPS) is 16.3. The second-order valence-electron chi connectivity index (χ2n) is 12.0. The molecule has 242 valence electrons. The zero-order valence-corrected chi connectivity index (χ0v) is 27.2. The maximum Gasteiger partial charge on any atom is 0.254 e. The minimum atomic E-state index is -0.300. The summed E-state index contributed by atoms with van der Waals surface area (Å²) in [5, 5.41) is 2.98. The number of H-pyrrole nitrogens is 1. The highest BCUT2D eigenvalue weighted by molar-refractivity contribution is 6.00. The third-order valence-corrected chi connectivity index (χ3v) is 9.03. The number of nitrogens with zero attached hydrogens (tertiary/aromatic N) is 3. The Morgan fingerprint density at radius 2 is 1.80 bits per heavy atom. The van der Waals surface area contributed by atoms with Crippen molar-refractivity contribution in [2.45, 2.75) is 46.7 Å². The molecule has 10 nitrogen and oxygen atoms in total. The molecule has 5 rings (SSSR count). The Bertz CT molecular complexity index is 1710. The average molecular weight is 626 g/mol. The van der Waals surface area contributed by atoms with E-state index in [1.807, 2.05) is 57.2 Å². The van der Waals surface area contributed by atoms with E-state index in [0.717, 1.165) is 40.1 Å². The van der Waals surface area contributed by atoms with Crippen molar-refractivity contribution in [1.82, 2.24) is 20.1 Å². The maximum atomic E-state index is 13.9. The summed E-state index contributed by atoms with van der Waals surface area (Å²) in [5.74, 6) is -0.444. The van der Waals surface area contributed by atoms with E-state index in [1.54, 1.807) is 9.80 Å². The lowest BCUT2D eigenvalue weighted by Crippen LogP contribution is -2.40. The largest absolute Gasteiger partial charge is 0.378 e. The van der Waals surface area contributed by atoms with Crippen molar-refractivity contribution in [3.8, 4) is 11.1 Å². The van der Waals surface area contributed by atoms with Crippen molar-refractivity contribution in [3.05, 3.63) is 99.0 Å². The number of aromatic amines is 1. The number of ether oxygens (including phenoxy) is 1. The van der Waals surface area contributed by atoms with Gasteiger partial charge in [0.2, 0.25) is 5.91 Å². The van der Waals surface area contributed by atoms with Crippen molar-refractivity contribution in [1.29, 1.82) is 0 Å². The number of rotatable bonds is 9.